The molecule has 0 aliphatic carbocycles. The number of nitrogens with zero attached hydrogens (tertiary/aromatic N) is 1. The van der Waals surface area contributed by atoms with Crippen LogP contribution < -0.4 is 10.1 Å². The largest absolute Gasteiger partial charge is 0.497 e. The quantitative estimate of drug-likeness (QED) is 0.904. The van der Waals surface area contributed by atoms with Crippen molar-refractivity contribution in [1.82, 2.24) is 10.2 Å². The van der Waals surface area contributed by atoms with Gasteiger partial charge in [-0.1, -0.05) is 12.1 Å². The van der Waals surface area contributed by atoms with E-state index in [2.05, 4.69) is 18.5 Å². The van der Waals surface area contributed by atoms with Gasteiger partial charge in [-0.15, -0.1) is 0 Å². The van der Waals surface area contributed by atoms with Gasteiger partial charge in [0.1, 0.15) is 11.9 Å². The van der Waals surface area contributed by atoms with Gasteiger partial charge in [0.05, 0.1) is 13.2 Å². The summed E-state index contributed by atoms with van der Waals surface area (Å²) in [6.07, 6.45) is 2.02. The molecule has 0 spiro atoms. The summed E-state index contributed by atoms with van der Waals surface area (Å²) in [5, 5.41) is 3.37. The molecule has 3 unspecified atom stereocenters. The first-order chi connectivity index (χ1) is 9.58. The first-order valence-corrected chi connectivity index (χ1v) is 8.19. The number of methoxy groups -OCH3 is 1. The molecule has 1 saturated heterocycles. The van der Waals surface area contributed by atoms with Crippen molar-refractivity contribution in [2.45, 2.75) is 32.1 Å². The maximum atomic E-state index is 12.4. The van der Waals surface area contributed by atoms with Crippen LogP contribution in [-0.4, -0.2) is 42.0 Å². The van der Waals surface area contributed by atoms with Gasteiger partial charge in [0, 0.05) is 11.8 Å². The van der Waals surface area contributed by atoms with Crippen LogP contribution in [0.5, 0.6) is 5.75 Å². The molecule has 1 fully saturated rings. The molecule has 0 saturated carbocycles. The maximum absolute atomic E-state index is 12.4. The predicted octanol–water partition coefficient (Wildman–Crippen LogP) is 2.27. The minimum absolute atomic E-state index is 0.0504. The first kappa shape index (κ1) is 15.2. The van der Waals surface area contributed by atoms with Gasteiger partial charge in [0.15, 0.2) is 0 Å². The number of carbonyl (C=O) groups is 1. The van der Waals surface area contributed by atoms with Crippen LogP contribution in [0.3, 0.4) is 0 Å². The molecule has 1 heterocycles. The van der Waals surface area contributed by atoms with Crippen molar-refractivity contribution >= 4 is 17.7 Å². The Labute approximate surface area is 124 Å². The van der Waals surface area contributed by atoms with Crippen LogP contribution in [0.25, 0.3) is 0 Å². The van der Waals surface area contributed by atoms with Crippen LogP contribution in [0.1, 0.15) is 25.6 Å². The summed E-state index contributed by atoms with van der Waals surface area (Å²) in [5.41, 5.74) is 1.09. The Morgan fingerprint density at radius 3 is 2.60 bits per heavy atom. The minimum Gasteiger partial charge on any atom is -0.497 e. The molecule has 3 atom stereocenters. The highest BCUT2D eigenvalue weighted by Gasteiger charge is 2.39. The fourth-order valence-electron chi connectivity index (χ4n) is 2.58. The summed E-state index contributed by atoms with van der Waals surface area (Å²) < 4.78 is 5.18. The number of rotatable bonds is 5. The molecule has 1 aliphatic rings. The lowest BCUT2D eigenvalue weighted by molar-refractivity contribution is -0.131. The zero-order valence-electron chi connectivity index (χ0n) is 12.4. The van der Waals surface area contributed by atoms with Crippen molar-refractivity contribution in [2.24, 2.45) is 0 Å². The van der Waals surface area contributed by atoms with E-state index in [0.29, 0.717) is 0 Å². The fourth-order valence-corrected chi connectivity index (χ4v) is 3.22. The molecule has 4 nitrogen and oxygen atoms in total. The standard InChI is InChI=1S/C15H22N2O2S/c1-10(9-20-4)17-14(16-11(2)15(17)18)12-5-7-13(19-3)8-6-12/h5-8,10-11,14,16H,9H2,1-4H3. The summed E-state index contributed by atoms with van der Waals surface area (Å²) >= 11 is 1.76. The van der Waals surface area contributed by atoms with Gasteiger partial charge < -0.3 is 9.64 Å². The van der Waals surface area contributed by atoms with Gasteiger partial charge in [0.2, 0.25) is 5.91 Å². The summed E-state index contributed by atoms with van der Waals surface area (Å²) in [4.78, 5) is 14.3. The van der Waals surface area contributed by atoms with E-state index < -0.39 is 0 Å². The van der Waals surface area contributed by atoms with Crippen LogP contribution in [-0.2, 0) is 4.79 Å². The van der Waals surface area contributed by atoms with Gasteiger partial charge >= 0.3 is 0 Å². The molecule has 1 N–H and O–H groups in total. The molecular formula is C15H22N2O2S. The smallest absolute Gasteiger partial charge is 0.241 e. The zero-order chi connectivity index (χ0) is 14.7. The molecule has 1 aliphatic heterocycles. The Morgan fingerprint density at radius 2 is 2.05 bits per heavy atom. The van der Waals surface area contributed by atoms with Crippen molar-refractivity contribution in [3.63, 3.8) is 0 Å². The van der Waals surface area contributed by atoms with Gasteiger partial charge in [0.25, 0.3) is 0 Å². The van der Waals surface area contributed by atoms with Crippen molar-refractivity contribution in [3.8, 4) is 5.75 Å². The number of thioether (sulfide) groups is 1. The molecule has 2 rings (SSSR count). The third kappa shape index (κ3) is 2.94. The predicted molar refractivity (Wildman–Crippen MR) is 83.0 cm³/mol. The third-order valence-electron chi connectivity index (χ3n) is 3.63. The minimum atomic E-state index is -0.133. The Kier molecular flexibility index (Phi) is 4.94. The number of nitrogens with one attached hydrogen (secondary N) is 1. The molecular weight excluding hydrogens is 272 g/mol. The summed E-state index contributed by atoms with van der Waals surface area (Å²) in [7, 11) is 1.65. The number of benzene rings is 1. The summed E-state index contributed by atoms with van der Waals surface area (Å²) in [6, 6.07) is 7.97. The number of hydrogen-bond donors (Lipinski definition) is 1. The van der Waals surface area contributed by atoms with Crippen LogP contribution >= 0.6 is 11.8 Å². The highest BCUT2D eigenvalue weighted by molar-refractivity contribution is 7.98. The van der Waals surface area contributed by atoms with Gasteiger partial charge in [-0.3, -0.25) is 10.1 Å². The van der Waals surface area contributed by atoms with E-state index in [0.717, 1.165) is 17.1 Å². The van der Waals surface area contributed by atoms with E-state index >= 15 is 0 Å². The summed E-state index contributed by atoms with van der Waals surface area (Å²) in [6.45, 7) is 4.02. The van der Waals surface area contributed by atoms with E-state index in [4.69, 9.17) is 4.74 Å². The first-order valence-electron chi connectivity index (χ1n) is 6.79. The second kappa shape index (κ2) is 6.50. The van der Waals surface area contributed by atoms with Crippen molar-refractivity contribution < 1.29 is 9.53 Å². The molecule has 110 valence electrons. The highest BCUT2D eigenvalue weighted by atomic mass is 32.2. The van der Waals surface area contributed by atoms with E-state index in [1.54, 1.807) is 18.9 Å². The Hall–Kier alpha value is -1.20. The molecule has 5 heteroatoms. The monoisotopic (exact) mass is 294 g/mol. The van der Waals surface area contributed by atoms with E-state index in [9.17, 15) is 4.79 Å². The van der Waals surface area contributed by atoms with E-state index in [1.807, 2.05) is 36.1 Å². The van der Waals surface area contributed by atoms with Gasteiger partial charge in [-0.25, -0.2) is 0 Å². The number of amides is 1. The molecule has 1 amide bonds. The summed E-state index contributed by atoms with van der Waals surface area (Å²) in [5.74, 6) is 1.94. The van der Waals surface area contributed by atoms with Crippen molar-refractivity contribution in [2.75, 3.05) is 19.1 Å². The second-order valence-electron chi connectivity index (χ2n) is 5.11. The van der Waals surface area contributed by atoms with Gasteiger partial charge in [-0.05, 0) is 37.8 Å². The lowest BCUT2D eigenvalue weighted by Crippen LogP contribution is -2.39. The molecule has 0 aromatic heterocycles. The van der Waals surface area contributed by atoms with Crippen LogP contribution in [0.4, 0.5) is 0 Å². The second-order valence-corrected chi connectivity index (χ2v) is 6.02. The molecule has 0 radical (unpaired) electrons. The Bertz CT molecular complexity index is 463. The van der Waals surface area contributed by atoms with E-state index in [1.165, 1.54) is 0 Å². The SMILES string of the molecule is COc1ccc(C2NC(C)C(=O)N2C(C)CSC)cc1. The zero-order valence-corrected chi connectivity index (χ0v) is 13.2. The Morgan fingerprint density at radius 1 is 1.40 bits per heavy atom. The van der Waals surface area contributed by atoms with Crippen LogP contribution in [0.15, 0.2) is 24.3 Å². The van der Waals surface area contributed by atoms with Gasteiger partial charge in [-0.2, -0.15) is 11.8 Å². The average molecular weight is 294 g/mol. The maximum Gasteiger partial charge on any atom is 0.241 e. The molecule has 20 heavy (non-hydrogen) atoms. The number of ether oxygens (including phenoxy) is 1. The average Bonchev–Trinajstić information content (AvgIpc) is 2.75. The highest BCUT2D eigenvalue weighted by Crippen LogP contribution is 2.29. The third-order valence-corrected chi connectivity index (χ3v) is 4.44. The normalized spacial score (nSPS) is 24.0. The number of hydrogen-bond acceptors (Lipinski definition) is 4. The Balaban J connectivity index is 2.24. The molecule has 1 aromatic rings. The molecule has 0 bridgehead atoms. The fraction of sp³-hybridized carbons (Fsp3) is 0.533. The van der Waals surface area contributed by atoms with Crippen LogP contribution in [0.2, 0.25) is 0 Å². The number of carbonyl (C=O) groups excluding carboxylic acids is 1. The topological polar surface area (TPSA) is 41.6 Å². The van der Waals surface area contributed by atoms with Crippen LogP contribution in [0, 0.1) is 0 Å². The van der Waals surface area contributed by atoms with Crippen molar-refractivity contribution in [3.05, 3.63) is 29.8 Å². The van der Waals surface area contributed by atoms with E-state index in [-0.39, 0.29) is 24.2 Å². The lowest BCUT2D eigenvalue weighted by atomic mass is 10.1. The lowest BCUT2D eigenvalue weighted by Gasteiger charge is -2.30. The molecule has 1 aromatic carbocycles. The van der Waals surface area contributed by atoms with Crippen molar-refractivity contribution in [1.29, 1.82) is 0 Å².